The van der Waals surface area contributed by atoms with Crippen molar-refractivity contribution in [3.63, 3.8) is 0 Å². The summed E-state index contributed by atoms with van der Waals surface area (Å²) in [6.45, 7) is 11.3. The monoisotopic (exact) mass is 264 g/mol. The molecule has 0 atom stereocenters. The third kappa shape index (κ3) is 2.42. The minimum atomic E-state index is 0.299. The Bertz CT molecular complexity index is 351. The minimum absolute atomic E-state index is 0.299. The Morgan fingerprint density at radius 2 is 1.63 bits per heavy atom. The smallest absolute Gasteiger partial charge is 0.225 e. The fourth-order valence-corrected chi connectivity index (χ4v) is 4.03. The lowest BCUT2D eigenvalue weighted by Crippen LogP contribution is -2.68. The standard InChI is InChI=1S/C16H28N2O/c1-15(2,3)18-11-16(12-18)9-13(10-16)14(19)17-7-5-4-6-8-17/h13H,4-12H2,1-3H3. The van der Waals surface area contributed by atoms with E-state index >= 15 is 0 Å². The molecule has 1 amide bonds. The molecular formula is C16H28N2O. The van der Waals surface area contributed by atoms with E-state index < -0.39 is 0 Å². The molecule has 2 heterocycles. The van der Waals surface area contributed by atoms with Crippen LogP contribution in [0, 0.1) is 11.3 Å². The Balaban J connectivity index is 1.47. The molecule has 0 aromatic carbocycles. The highest BCUT2D eigenvalue weighted by molar-refractivity contribution is 5.80. The zero-order chi connectivity index (χ0) is 13.7. The summed E-state index contributed by atoms with van der Waals surface area (Å²) >= 11 is 0. The van der Waals surface area contributed by atoms with Crippen LogP contribution in [0.3, 0.4) is 0 Å². The van der Waals surface area contributed by atoms with E-state index in [1.165, 1.54) is 32.4 Å². The number of likely N-dealkylation sites (tertiary alicyclic amines) is 2. The highest BCUT2D eigenvalue weighted by Crippen LogP contribution is 2.54. The first-order chi connectivity index (χ1) is 8.90. The molecule has 1 spiro atoms. The normalized spacial score (nSPS) is 28.1. The van der Waals surface area contributed by atoms with E-state index in [1.54, 1.807) is 0 Å². The van der Waals surface area contributed by atoms with Crippen LogP contribution in [0.15, 0.2) is 0 Å². The number of piperidine rings is 1. The molecular weight excluding hydrogens is 236 g/mol. The van der Waals surface area contributed by atoms with Crippen molar-refractivity contribution in [3.05, 3.63) is 0 Å². The number of amides is 1. The Hall–Kier alpha value is -0.570. The molecule has 0 bridgehead atoms. The molecule has 2 saturated heterocycles. The summed E-state index contributed by atoms with van der Waals surface area (Å²) in [7, 11) is 0. The SMILES string of the molecule is CC(C)(C)N1CC2(CC(C(=O)N3CCCCC3)C2)C1. The Morgan fingerprint density at radius 3 is 2.16 bits per heavy atom. The first-order valence-corrected chi connectivity index (χ1v) is 7.94. The molecule has 3 heteroatoms. The van der Waals surface area contributed by atoms with Gasteiger partial charge in [-0.05, 0) is 58.3 Å². The van der Waals surface area contributed by atoms with Crippen LogP contribution in [0.2, 0.25) is 0 Å². The highest BCUT2D eigenvalue weighted by atomic mass is 16.2. The lowest BCUT2D eigenvalue weighted by atomic mass is 9.56. The first-order valence-electron chi connectivity index (χ1n) is 7.94. The van der Waals surface area contributed by atoms with Crippen LogP contribution in [0.4, 0.5) is 0 Å². The van der Waals surface area contributed by atoms with Gasteiger partial charge < -0.3 is 4.90 Å². The number of carbonyl (C=O) groups excluding carboxylic acids is 1. The van der Waals surface area contributed by atoms with Crippen LogP contribution in [0.1, 0.15) is 52.9 Å². The molecule has 0 N–H and O–H groups in total. The van der Waals surface area contributed by atoms with E-state index in [-0.39, 0.29) is 0 Å². The van der Waals surface area contributed by atoms with E-state index in [4.69, 9.17) is 0 Å². The molecule has 2 aliphatic heterocycles. The summed E-state index contributed by atoms with van der Waals surface area (Å²) in [5.74, 6) is 0.805. The lowest BCUT2D eigenvalue weighted by molar-refractivity contribution is -0.163. The van der Waals surface area contributed by atoms with Crippen molar-refractivity contribution < 1.29 is 4.79 Å². The average Bonchev–Trinajstić information content (AvgIpc) is 2.24. The van der Waals surface area contributed by atoms with Crippen molar-refractivity contribution in [1.29, 1.82) is 0 Å². The largest absolute Gasteiger partial charge is 0.342 e. The van der Waals surface area contributed by atoms with Crippen molar-refractivity contribution in [2.45, 2.75) is 58.4 Å². The molecule has 3 aliphatic rings. The minimum Gasteiger partial charge on any atom is -0.342 e. The van der Waals surface area contributed by atoms with Crippen molar-refractivity contribution in [2.75, 3.05) is 26.2 Å². The van der Waals surface area contributed by atoms with Gasteiger partial charge in [-0.15, -0.1) is 0 Å². The van der Waals surface area contributed by atoms with Gasteiger partial charge in [0.15, 0.2) is 0 Å². The fraction of sp³-hybridized carbons (Fsp3) is 0.938. The molecule has 1 aliphatic carbocycles. The van der Waals surface area contributed by atoms with Crippen molar-refractivity contribution in [2.24, 2.45) is 11.3 Å². The Kier molecular flexibility index (Phi) is 3.16. The van der Waals surface area contributed by atoms with E-state index in [1.807, 2.05) is 0 Å². The molecule has 0 aromatic heterocycles. The van der Waals surface area contributed by atoms with E-state index in [2.05, 4.69) is 30.6 Å². The van der Waals surface area contributed by atoms with E-state index in [0.29, 0.717) is 22.8 Å². The van der Waals surface area contributed by atoms with Gasteiger partial charge in [0.1, 0.15) is 0 Å². The number of hydrogen-bond acceptors (Lipinski definition) is 2. The molecule has 0 aromatic rings. The quantitative estimate of drug-likeness (QED) is 0.726. The molecule has 3 rings (SSSR count). The van der Waals surface area contributed by atoms with Gasteiger partial charge in [-0.3, -0.25) is 9.69 Å². The summed E-state index contributed by atoms with van der Waals surface area (Å²) < 4.78 is 0. The second-order valence-corrected chi connectivity index (χ2v) is 8.02. The summed E-state index contributed by atoms with van der Waals surface area (Å²) in [6.07, 6.45) is 6.02. The van der Waals surface area contributed by atoms with Crippen LogP contribution >= 0.6 is 0 Å². The third-order valence-corrected chi connectivity index (χ3v) is 5.38. The zero-order valence-electron chi connectivity index (χ0n) is 12.7. The topological polar surface area (TPSA) is 23.6 Å². The lowest BCUT2D eigenvalue weighted by Gasteiger charge is -2.62. The van der Waals surface area contributed by atoms with Crippen molar-refractivity contribution in [1.82, 2.24) is 9.80 Å². The number of rotatable bonds is 1. The van der Waals surface area contributed by atoms with Crippen LogP contribution < -0.4 is 0 Å². The van der Waals surface area contributed by atoms with Gasteiger partial charge in [-0.1, -0.05) is 0 Å². The second kappa shape index (κ2) is 4.47. The van der Waals surface area contributed by atoms with Crippen LogP contribution in [0.5, 0.6) is 0 Å². The van der Waals surface area contributed by atoms with Gasteiger partial charge >= 0.3 is 0 Å². The predicted molar refractivity (Wildman–Crippen MR) is 76.9 cm³/mol. The van der Waals surface area contributed by atoms with E-state index in [0.717, 1.165) is 25.9 Å². The van der Waals surface area contributed by atoms with Crippen LogP contribution in [-0.4, -0.2) is 47.4 Å². The Labute approximate surface area is 117 Å². The fourth-order valence-electron chi connectivity index (χ4n) is 4.03. The number of nitrogens with zero attached hydrogens (tertiary/aromatic N) is 2. The summed E-state index contributed by atoms with van der Waals surface area (Å²) in [6, 6.07) is 0. The molecule has 108 valence electrons. The molecule has 0 unspecified atom stereocenters. The van der Waals surface area contributed by atoms with Gasteiger partial charge in [0.25, 0.3) is 0 Å². The van der Waals surface area contributed by atoms with E-state index in [9.17, 15) is 4.79 Å². The molecule has 1 saturated carbocycles. The molecule has 3 fully saturated rings. The van der Waals surface area contributed by atoms with Gasteiger partial charge in [0.05, 0.1) is 0 Å². The van der Waals surface area contributed by atoms with Gasteiger partial charge in [-0.2, -0.15) is 0 Å². The molecule has 19 heavy (non-hydrogen) atoms. The predicted octanol–water partition coefficient (Wildman–Crippen LogP) is 2.51. The number of hydrogen-bond donors (Lipinski definition) is 0. The van der Waals surface area contributed by atoms with Crippen LogP contribution in [-0.2, 0) is 4.79 Å². The third-order valence-electron chi connectivity index (χ3n) is 5.38. The van der Waals surface area contributed by atoms with Crippen molar-refractivity contribution in [3.8, 4) is 0 Å². The Morgan fingerprint density at radius 1 is 1.05 bits per heavy atom. The maximum atomic E-state index is 12.4. The average molecular weight is 264 g/mol. The summed E-state index contributed by atoms with van der Waals surface area (Å²) in [5, 5.41) is 0. The van der Waals surface area contributed by atoms with Crippen molar-refractivity contribution >= 4 is 5.91 Å². The van der Waals surface area contributed by atoms with Gasteiger partial charge in [0.2, 0.25) is 5.91 Å². The van der Waals surface area contributed by atoms with Crippen LogP contribution in [0.25, 0.3) is 0 Å². The number of carbonyl (C=O) groups is 1. The molecule has 3 nitrogen and oxygen atoms in total. The van der Waals surface area contributed by atoms with Gasteiger partial charge in [0, 0.05) is 37.6 Å². The maximum Gasteiger partial charge on any atom is 0.225 e. The first kappa shape index (κ1) is 13.4. The van der Waals surface area contributed by atoms with Gasteiger partial charge in [-0.25, -0.2) is 0 Å². The molecule has 0 radical (unpaired) electrons. The summed E-state index contributed by atoms with van der Waals surface area (Å²) in [5.41, 5.74) is 0.802. The maximum absolute atomic E-state index is 12.4. The highest BCUT2D eigenvalue weighted by Gasteiger charge is 2.56. The second-order valence-electron chi connectivity index (χ2n) is 8.02. The summed E-state index contributed by atoms with van der Waals surface area (Å²) in [4.78, 5) is 17.1. The zero-order valence-corrected chi connectivity index (χ0v) is 12.7.